The van der Waals surface area contributed by atoms with E-state index in [1.165, 1.54) is 13.2 Å². The molecule has 0 saturated heterocycles. The van der Waals surface area contributed by atoms with Crippen LogP contribution < -0.4 is 4.74 Å². The zero-order valence-electron chi connectivity index (χ0n) is 19.2. The van der Waals surface area contributed by atoms with Crippen LogP contribution in [0.2, 0.25) is 0 Å². The van der Waals surface area contributed by atoms with Gasteiger partial charge in [0.15, 0.2) is 0 Å². The van der Waals surface area contributed by atoms with E-state index in [1.807, 2.05) is 0 Å². The van der Waals surface area contributed by atoms with Crippen LogP contribution in [-0.4, -0.2) is 19.1 Å². The molecule has 0 aromatic heterocycles. The molecule has 1 aromatic rings. The van der Waals surface area contributed by atoms with Gasteiger partial charge >= 0.3 is 74.0 Å². The molecule has 8 nitrogen and oxygen atoms in total. The molecule has 36 heavy (non-hydrogen) atoms. The predicted octanol–water partition coefficient (Wildman–Crippen LogP) is 4.28. The molecule has 4 radical (unpaired) electrons. The molecule has 13 heteroatoms. The minimum Gasteiger partial charge on any atom is 0 e. The van der Waals surface area contributed by atoms with Crippen LogP contribution in [0.25, 0.3) is 0 Å². The molecule has 0 bridgehead atoms. The second-order valence-electron chi connectivity index (χ2n) is 5.97. The first-order chi connectivity index (χ1) is 16.0. The third kappa shape index (κ3) is 33.8. The molecule has 0 spiro atoms. The number of ketones is 1. The first kappa shape index (κ1) is 54.5. The normalized spacial score (nSPS) is 8.97. The van der Waals surface area contributed by atoms with E-state index >= 15 is 0 Å². The van der Waals surface area contributed by atoms with Crippen LogP contribution in [-0.2, 0) is 66.3 Å². The topological polar surface area (TPSA) is 146 Å². The first-order valence-corrected chi connectivity index (χ1v) is 8.02. The Hall–Kier alpha value is -2.33. The number of Topliss-reactive ketones (excluding diaryl/α,β-unsaturated/α-hetero) is 1. The Kier molecular flexibility index (Phi) is 56.4. The number of benzene rings is 1. The largest absolute Gasteiger partial charge is 0 e. The maximum Gasteiger partial charge on any atom is 0 e. The fourth-order valence-corrected chi connectivity index (χ4v) is 1.75. The quantitative estimate of drug-likeness (QED) is 0.368. The molecule has 0 fully saturated rings. The number of allylic oxidation sites excluding steroid dienone is 2. The van der Waals surface area contributed by atoms with E-state index < -0.39 is 17.5 Å². The molecule has 0 aliphatic heterocycles. The van der Waals surface area contributed by atoms with E-state index in [2.05, 4.69) is 46.0 Å². The molecule has 0 heterocycles. The molecule has 198 valence electrons. The zero-order chi connectivity index (χ0) is 29.0. The smallest absolute Gasteiger partial charge is 0 e. The van der Waals surface area contributed by atoms with E-state index in [0.29, 0.717) is 11.3 Å². The Morgan fingerprint density at radius 1 is 0.833 bits per heavy atom. The van der Waals surface area contributed by atoms with Crippen molar-refractivity contribution < 1.29 is 84.2 Å². The van der Waals surface area contributed by atoms with Gasteiger partial charge in [-0.25, -0.2) is 0 Å². The summed E-state index contributed by atoms with van der Waals surface area (Å²) in [5, 5.41) is 0. The number of methoxy groups -OCH3 is 1. The SMILES string of the molecule is COc1ccc(C([C]=[C]C(F)(F)F)CC(=O)C(C)(C)C)cc1.[C-]#[O+].[C-]#[O+].[C-]#[O+].[C-]#[O+].[C-]#[O+].[C-]#[O+].[Co].[Co]. The van der Waals surface area contributed by atoms with Crippen LogP contribution in [0.5, 0.6) is 5.75 Å². The van der Waals surface area contributed by atoms with Gasteiger partial charge in [0.2, 0.25) is 0 Å². The van der Waals surface area contributed by atoms with Crippen LogP contribution in [0.3, 0.4) is 0 Å². The van der Waals surface area contributed by atoms with Gasteiger partial charge in [-0.15, -0.1) is 0 Å². The maximum absolute atomic E-state index is 12.3. The van der Waals surface area contributed by atoms with Crippen molar-refractivity contribution in [3.63, 3.8) is 0 Å². The summed E-state index contributed by atoms with van der Waals surface area (Å²) in [7, 11) is 1.50. The van der Waals surface area contributed by atoms with Crippen molar-refractivity contribution in [1.82, 2.24) is 0 Å². The number of alkyl halides is 3. The Bertz CT molecular complexity index is 740. The molecule has 1 aromatic carbocycles. The number of carbonyl (C=O) groups is 1. The average Bonchev–Trinajstić information content (AvgIpc) is 2.88. The van der Waals surface area contributed by atoms with Gasteiger partial charge in [-0.3, -0.25) is 4.79 Å². The summed E-state index contributed by atoms with van der Waals surface area (Å²) in [6.07, 6.45) is -1.18. The van der Waals surface area contributed by atoms with E-state index in [0.717, 1.165) is 0 Å². The summed E-state index contributed by atoms with van der Waals surface area (Å²) < 4.78 is 87.0. The number of hydrogen-bond donors (Lipinski definition) is 0. The number of ether oxygens (including phenoxy) is 1. The van der Waals surface area contributed by atoms with E-state index in [1.54, 1.807) is 45.0 Å². The second-order valence-corrected chi connectivity index (χ2v) is 5.97. The fourth-order valence-electron chi connectivity index (χ4n) is 1.75. The second kappa shape index (κ2) is 37.2. The van der Waals surface area contributed by atoms with Gasteiger partial charge in [0.1, 0.15) is 11.5 Å². The van der Waals surface area contributed by atoms with Crippen molar-refractivity contribution >= 4 is 5.78 Å². The molecule has 1 unspecified atom stereocenters. The van der Waals surface area contributed by atoms with Gasteiger partial charge in [-0.1, -0.05) is 32.9 Å². The summed E-state index contributed by atoms with van der Waals surface area (Å²) in [5.41, 5.74) is -0.0555. The van der Waals surface area contributed by atoms with Crippen molar-refractivity contribution in [2.45, 2.75) is 39.3 Å². The fraction of sp³-hybridized carbons (Fsp3) is 0.348. The maximum atomic E-state index is 12.3. The molecule has 1 rings (SSSR count). The third-order valence-corrected chi connectivity index (χ3v) is 3.13. The van der Waals surface area contributed by atoms with Crippen molar-refractivity contribution in [1.29, 1.82) is 0 Å². The standard InChI is InChI=1S/C17H19F3O2.6CO.2Co/c1-16(2,3)15(21)11-13(9-10-17(18,19)20)12-5-7-14(22-4)8-6-12;6*1-2;;/h5-8,13H,11H2,1-4H3;;;;;;;;. The summed E-state index contributed by atoms with van der Waals surface area (Å²) in [6.45, 7) is 32.2. The summed E-state index contributed by atoms with van der Waals surface area (Å²) >= 11 is 0. The Morgan fingerprint density at radius 3 is 1.42 bits per heavy atom. The van der Waals surface area contributed by atoms with Crippen LogP contribution in [0.15, 0.2) is 24.3 Å². The molecule has 0 N–H and O–H groups in total. The summed E-state index contributed by atoms with van der Waals surface area (Å²) in [4.78, 5) is 12.1. The van der Waals surface area contributed by atoms with Crippen molar-refractivity contribution in [2.24, 2.45) is 5.41 Å². The summed E-state index contributed by atoms with van der Waals surface area (Å²) in [6, 6.07) is 6.54. The van der Waals surface area contributed by atoms with Gasteiger partial charge in [0.25, 0.3) is 0 Å². The van der Waals surface area contributed by atoms with Gasteiger partial charge in [0.05, 0.1) is 13.2 Å². The van der Waals surface area contributed by atoms with Crippen LogP contribution >= 0.6 is 0 Å². The van der Waals surface area contributed by atoms with E-state index in [-0.39, 0.29) is 45.8 Å². The predicted molar refractivity (Wildman–Crippen MR) is 101 cm³/mol. The van der Waals surface area contributed by atoms with Gasteiger partial charge in [0, 0.05) is 51.3 Å². The number of carbonyl (C=O) groups excluding carboxylic acids is 1. The first-order valence-electron chi connectivity index (χ1n) is 8.02. The van der Waals surface area contributed by atoms with Crippen LogP contribution in [0.1, 0.15) is 38.7 Å². The monoisotopic (exact) mass is 598 g/mol. The van der Waals surface area contributed by atoms with Crippen molar-refractivity contribution in [2.75, 3.05) is 7.11 Å². The molecule has 0 amide bonds. The van der Waals surface area contributed by atoms with Gasteiger partial charge < -0.3 is 4.74 Å². The Labute approximate surface area is 229 Å². The van der Waals surface area contributed by atoms with Crippen LogP contribution in [0.4, 0.5) is 13.2 Å². The molecular weight excluding hydrogens is 579 g/mol. The molecular formula is C23H19Co2F3O8. The van der Waals surface area contributed by atoms with Gasteiger partial charge in [-0.05, 0) is 23.8 Å². The summed E-state index contributed by atoms with van der Waals surface area (Å²) in [5.74, 6) is -0.336. The average molecular weight is 598 g/mol. The Balaban J connectivity index is -0.0000000816. The third-order valence-electron chi connectivity index (χ3n) is 3.13. The minimum atomic E-state index is -4.57. The molecule has 1 atom stereocenters. The minimum absolute atomic E-state index is 0. The van der Waals surface area contributed by atoms with Gasteiger partial charge in [-0.2, -0.15) is 13.2 Å². The molecule has 0 saturated carbocycles. The van der Waals surface area contributed by atoms with Crippen molar-refractivity contribution in [3.05, 3.63) is 81.9 Å². The van der Waals surface area contributed by atoms with E-state index in [4.69, 9.17) is 32.6 Å². The van der Waals surface area contributed by atoms with E-state index in [9.17, 15) is 18.0 Å². The van der Waals surface area contributed by atoms with Crippen molar-refractivity contribution in [3.8, 4) is 5.75 Å². The number of hydrogen-bond acceptors (Lipinski definition) is 2. The zero-order valence-corrected chi connectivity index (χ0v) is 21.2. The Morgan fingerprint density at radius 2 is 1.17 bits per heavy atom. The number of rotatable bonds is 5. The number of halogens is 3. The van der Waals surface area contributed by atoms with Crippen LogP contribution in [0, 0.1) is 57.5 Å². The molecule has 0 aliphatic carbocycles. The molecule has 0 aliphatic rings.